The molecular weight excluding hydrogens is 216 g/mol. The number of nitrogens with one attached hydrogen (secondary N) is 1. The fourth-order valence-corrected chi connectivity index (χ4v) is 2.86. The zero-order valence-corrected chi connectivity index (χ0v) is 11.7. The van der Waals surface area contributed by atoms with E-state index in [-0.39, 0.29) is 0 Å². The number of rotatable bonds is 7. The van der Waals surface area contributed by atoms with Gasteiger partial charge in [-0.25, -0.2) is 4.98 Å². The summed E-state index contributed by atoms with van der Waals surface area (Å²) in [5.74, 6) is 0.810. The monoisotopic (exact) mass is 240 g/mol. The lowest BCUT2D eigenvalue weighted by Crippen LogP contribution is -2.20. The summed E-state index contributed by atoms with van der Waals surface area (Å²) < 4.78 is 0. The van der Waals surface area contributed by atoms with Crippen LogP contribution in [0.1, 0.15) is 56.6 Å². The number of aromatic nitrogens is 1. The Bertz CT molecular complexity index is 294. The lowest BCUT2D eigenvalue weighted by Gasteiger charge is -2.17. The van der Waals surface area contributed by atoms with E-state index < -0.39 is 0 Å². The zero-order valence-electron chi connectivity index (χ0n) is 10.9. The molecule has 1 aromatic heterocycles. The average Bonchev–Trinajstić information content (AvgIpc) is 2.63. The Morgan fingerprint density at radius 2 is 2.12 bits per heavy atom. The lowest BCUT2D eigenvalue weighted by atomic mass is 10.0. The van der Waals surface area contributed by atoms with Crippen LogP contribution in [0.25, 0.3) is 0 Å². The highest BCUT2D eigenvalue weighted by atomic mass is 32.1. The molecule has 1 rings (SSSR count). The summed E-state index contributed by atoms with van der Waals surface area (Å²) in [5, 5.41) is 3.57. The first-order chi connectivity index (χ1) is 7.65. The quantitative estimate of drug-likeness (QED) is 0.781. The first-order valence-corrected chi connectivity index (χ1v) is 7.16. The van der Waals surface area contributed by atoms with Crippen LogP contribution in [0.5, 0.6) is 0 Å². The molecule has 0 aliphatic heterocycles. The molecule has 0 saturated heterocycles. The van der Waals surface area contributed by atoms with Crippen LogP contribution in [0.4, 0.5) is 0 Å². The second-order valence-corrected chi connectivity index (χ2v) is 5.62. The van der Waals surface area contributed by atoms with E-state index in [0.29, 0.717) is 6.04 Å². The van der Waals surface area contributed by atoms with Crippen molar-refractivity contribution in [2.45, 2.75) is 53.0 Å². The fraction of sp³-hybridized carbons (Fsp3) is 0.769. The Balaban J connectivity index is 2.51. The zero-order chi connectivity index (χ0) is 12.0. The van der Waals surface area contributed by atoms with Crippen molar-refractivity contribution >= 4 is 11.3 Å². The molecule has 1 heterocycles. The maximum atomic E-state index is 4.34. The number of thiazole rings is 1. The molecule has 0 aliphatic carbocycles. The average molecular weight is 240 g/mol. The van der Waals surface area contributed by atoms with Crippen molar-refractivity contribution in [3.05, 3.63) is 16.1 Å². The van der Waals surface area contributed by atoms with Crippen molar-refractivity contribution in [1.29, 1.82) is 0 Å². The summed E-state index contributed by atoms with van der Waals surface area (Å²) in [4.78, 5) is 5.76. The minimum Gasteiger partial charge on any atom is -0.309 e. The van der Waals surface area contributed by atoms with Gasteiger partial charge < -0.3 is 5.32 Å². The van der Waals surface area contributed by atoms with Gasteiger partial charge in [0.25, 0.3) is 0 Å². The first-order valence-electron chi connectivity index (χ1n) is 6.28. The Morgan fingerprint density at radius 3 is 2.62 bits per heavy atom. The second kappa shape index (κ2) is 7.02. The molecule has 0 radical (unpaired) electrons. The van der Waals surface area contributed by atoms with Crippen molar-refractivity contribution in [3.8, 4) is 0 Å². The van der Waals surface area contributed by atoms with Crippen molar-refractivity contribution < 1.29 is 0 Å². The molecule has 3 heteroatoms. The van der Waals surface area contributed by atoms with Gasteiger partial charge in [-0.3, -0.25) is 0 Å². The van der Waals surface area contributed by atoms with E-state index in [1.807, 2.05) is 5.51 Å². The predicted molar refractivity (Wildman–Crippen MR) is 72.0 cm³/mol. The molecule has 92 valence electrons. The van der Waals surface area contributed by atoms with E-state index in [1.54, 1.807) is 11.3 Å². The minimum absolute atomic E-state index is 0.510. The normalized spacial score (nSPS) is 13.3. The van der Waals surface area contributed by atoms with Gasteiger partial charge >= 0.3 is 0 Å². The van der Waals surface area contributed by atoms with Gasteiger partial charge in [0.2, 0.25) is 0 Å². The minimum atomic E-state index is 0.510. The molecule has 0 saturated carbocycles. The van der Waals surface area contributed by atoms with Crippen molar-refractivity contribution in [2.75, 3.05) is 6.54 Å². The SMILES string of the molecule is CCNC(CCCC(C)C)c1scnc1C. The Hall–Kier alpha value is -0.410. The summed E-state index contributed by atoms with van der Waals surface area (Å²) in [6.07, 6.45) is 3.85. The van der Waals surface area contributed by atoms with E-state index in [4.69, 9.17) is 0 Å². The van der Waals surface area contributed by atoms with Gasteiger partial charge in [0.05, 0.1) is 11.2 Å². The first kappa shape index (κ1) is 13.7. The highest BCUT2D eigenvalue weighted by Gasteiger charge is 2.14. The number of hydrogen-bond donors (Lipinski definition) is 1. The van der Waals surface area contributed by atoms with Crippen LogP contribution < -0.4 is 5.32 Å². The molecule has 16 heavy (non-hydrogen) atoms. The Morgan fingerprint density at radius 1 is 1.38 bits per heavy atom. The summed E-state index contributed by atoms with van der Waals surface area (Å²) >= 11 is 1.78. The largest absolute Gasteiger partial charge is 0.309 e. The topological polar surface area (TPSA) is 24.9 Å². The van der Waals surface area contributed by atoms with Crippen LogP contribution in [-0.2, 0) is 0 Å². The van der Waals surface area contributed by atoms with Crippen LogP contribution in [0.15, 0.2) is 5.51 Å². The molecule has 0 aliphatic rings. The van der Waals surface area contributed by atoms with Crippen LogP contribution in [0.2, 0.25) is 0 Å². The highest BCUT2D eigenvalue weighted by Crippen LogP contribution is 2.26. The second-order valence-electron chi connectivity index (χ2n) is 4.74. The maximum Gasteiger partial charge on any atom is 0.0798 e. The van der Waals surface area contributed by atoms with Gasteiger partial charge in [-0.15, -0.1) is 11.3 Å². The number of hydrogen-bond acceptors (Lipinski definition) is 3. The molecule has 2 nitrogen and oxygen atoms in total. The van der Waals surface area contributed by atoms with E-state index in [2.05, 4.69) is 38.0 Å². The molecule has 0 amide bonds. The van der Waals surface area contributed by atoms with Gasteiger partial charge in [0.15, 0.2) is 0 Å². The summed E-state index contributed by atoms with van der Waals surface area (Å²) in [6.45, 7) is 9.90. The molecule has 0 fully saturated rings. The molecule has 1 aromatic rings. The highest BCUT2D eigenvalue weighted by molar-refractivity contribution is 7.09. The standard InChI is InChI=1S/C13H24N2S/c1-5-14-12(8-6-7-10(2)3)13-11(4)15-9-16-13/h9-10,12,14H,5-8H2,1-4H3. The lowest BCUT2D eigenvalue weighted by molar-refractivity contribution is 0.458. The molecule has 0 bridgehead atoms. The molecule has 1 unspecified atom stereocenters. The van der Waals surface area contributed by atoms with E-state index in [9.17, 15) is 0 Å². The van der Waals surface area contributed by atoms with Crippen LogP contribution in [0, 0.1) is 12.8 Å². The third-order valence-electron chi connectivity index (χ3n) is 2.82. The third-order valence-corrected chi connectivity index (χ3v) is 3.87. The molecular formula is C13H24N2S. The fourth-order valence-electron chi connectivity index (χ4n) is 1.95. The van der Waals surface area contributed by atoms with Crippen LogP contribution >= 0.6 is 11.3 Å². The predicted octanol–water partition coefficient (Wildman–Crippen LogP) is 3.93. The molecule has 1 N–H and O–H groups in total. The maximum absolute atomic E-state index is 4.34. The Kier molecular flexibility index (Phi) is 5.99. The Labute approximate surface area is 103 Å². The molecule has 0 aromatic carbocycles. The third kappa shape index (κ3) is 4.22. The summed E-state index contributed by atoms with van der Waals surface area (Å²) in [5.41, 5.74) is 3.15. The van der Waals surface area contributed by atoms with E-state index in [0.717, 1.165) is 12.5 Å². The van der Waals surface area contributed by atoms with Crippen molar-refractivity contribution in [3.63, 3.8) is 0 Å². The van der Waals surface area contributed by atoms with Crippen molar-refractivity contribution in [2.24, 2.45) is 5.92 Å². The number of aryl methyl sites for hydroxylation is 1. The van der Waals surface area contributed by atoms with Gasteiger partial charge in [-0.05, 0) is 25.8 Å². The summed E-state index contributed by atoms with van der Waals surface area (Å²) in [7, 11) is 0. The van der Waals surface area contributed by atoms with Crippen molar-refractivity contribution in [1.82, 2.24) is 10.3 Å². The van der Waals surface area contributed by atoms with Gasteiger partial charge in [0.1, 0.15) is 0 Å². The van der Waals surface area contributed by atoms with Crippen LogP contribution in [0.3, 0.4) is 0 Å². The van der Waals surface area contributed by atoms with Crippen LogP contribution in [-0.4, -0.2) is 11.5 Å². The summed E-state index contributed by atoms with van der Waals surface area (Å²) in [6, 6.07) is 0.510. The smallest absolute Gasteiger partial charge is 0.0798 e. The van der Waals surface area contributed by atoms with Gasteiger partial charge in [-0.2, -0.15) is 0 Å². The molecule has 1 atom stereocenters. The van der Waals surface area contributed by atoms with Gasteiger partial charge in [-0.1, -0.05) is 33.6 Å². The molecule has 0 spiro atoms. The van der Waals surface area contributed by atoms with E-state index >= 15 is 0 Å². The number of nitrogens with zero attached hydrogens (tertiary/aromatic N) is 1. The van der Waals surface area contributed by atoms with Gasteiger partial charge in [0, 0.05) is 10.9 Å². The van der Waals surface area contributed by atoms with E-state index in [1.165, 1.54) is 29.8 Å².